The molecule has 0 spiro atoms. The molecule has 1 aromatic carbocycles. The number of piperidine rings is 1. The Morgan fingerprint density at radius 3 is 2.46 bits per heavy atom. The van der Waals surface area contributed by atoms with Gasteiger partial charge in [-0.3, -0.25) is 9.48 Å². The molecule has 1 atom stereocenters. The molecule has 0 bridgehead atoms. The number of rotatable bonds is 8. The third-order valence-electron chi connectivity index (χ3n) is 6.90. The highest BCUT2D eigenvalue weighted by atomic mass is 32.2. The summed E-state index contributed by atoms with van der Waals surface area (Å²) in [5.41, 5.74) is 2.18. The lowest BCUT2D eigenvalue weighted by atomic mass is 9.90. The van der Waals surface area contributed by atoms with Crippen molar-refractivity contribution in [2.45, 2.75) is 57.5 Å². The molecule has 1 aliphatic heterocycles. The van der Waals surface area contributed by atoms with Gasteiger partial charge in [0.15, 0.2) is 0 Å². The Labute approximate surface area is 207 Å². The van der Waals surface area contributed by atoms with Crippen molar-refractivity contribution in [2.24, 2.45) is 5.92 Å². The monoisotopic (exact) mass is 498 g/mol. The topological polar surface area (TPSA) is 88.7 Å². The molecule has 0 unspecified atom stereocenters. The highest BCUT2D eigenvalue weighted by Crippen LogP contribution is 2.28. The van der Waals surface area contributed by atoms with E-state index in [-0.39, 0.29) is 17.3 Å². The zero-order valence-corrected chi connectivity index (χ0v) is 21.7. The van der Waals surface area contributed by atoms with Crippen LogP contribution in [-0.4, -0.2) is 53.4 Å². The molecular weight excluding hydrogens is 464 g/mol. The van der Waals surface area contributed by atoms with Crippen molar-refractivity contribution in [3.63, 3.8) is 0 Å². The molecule has 8 nitrogen and oxygen atoms in total. The van der Waals surface area contributed by atoms with E-state index in [1.165, 1.54) is 23.2 Å². The second-order valence-corrected chi connectivity index (χ2v) is 11.4. The number of hydrogen-bond donors (Lipinski definition) is 0. The van der Waals surface area contributed by atoms with E-state index in [0.29, 0.717) is 36.2 Å². The highest BCUT2D eigenvalue weighted by molar-refractivity contribution is 7.89. The summed E-state index contributed by atoms with van der Waals surface area (Å²) in [4.78, 5) is 15.4. The Bertz CT molecular complexity index is 1240. The predicted octanol–water partition coefficient (Wildman–Crippen LogP) is 3.96. The molecule has 9 heteroatoms. The SMILES string of the molecule is Cc1nn([C@H](C)C(=O)N2CCC(Cc3ccccc3)CC2)c(C)c1S(=O)(=O)N(C)Cc1ccco1. The van der Waals surface area contributed by atoms with Crippen LogP contribution in [0, 0.1) is 19.8 Å². The van der Waals surface area contributed by atoms with Crippen molar-refractivity contribution in [3.05, 3.63) is 71.4 Å². The fourth-order valence-electron chi connectivity index (χ4n) is 4.93. The molecule has 2 aromatic heterocycles. The van der Waals surface area contributed by atoms with Crippen LogP contribution in [0.2, 0.25) is 0 Å². The molecule has 1 fully saturated rings. The van der Waals surface area contributed by atoms with Gasteiger partial charge in [0.2, 0.25) is 15.9 Å². The zero-order chi connectivity index (χ0) is 25.2. The van der Waals surface area contributed by atoms with Gasteiger partial charge in [-0.25, -0.2) is 8.42 Å². The lowest BCUT2D eigenvalue weighted by molar-refractivity contribution is -0.136. The van der Waals surface area contributed by atoms with Crippen LogP contribution < -0.4 is 0 Å². The average Bonchev–Trinajstić information content (AvgIpc) is 3.46. The van der Waals surface area contributed by atoms with Crippen molar-refractivity contribution in [1.82, 2.24) is 19.0 Å². The fourth-order valence-corrected chi connectivity index (χ4v) is 6.42. The smallest absolute Gasteiger partial charge is 0.247 e. The summed E-state index contributed by atoms with van der Waals surface area (Å²) >= 11 is 0. The van der Waals surface area contributed by atoms with E-state index in [9.17, 15) is 13.2 Å². The van der Waals surface area contributed by atoms with Gasteiger partial charge in [-0.15, -0.1) is 0 Å². The van der Waals surface area contributed by atoms with E-state index >= 15 is 0 Å². The number of hydrogen-bond acceptors (Lipinski definition) is 5. The summed E-state index contributed by atoms with van der Waals surface area (Å²) in [5.74, 6) is 1.09. The summed E-state index contributed by atoms with van der Waals surface area (Å²) in [6.45, 7) is 6.70. The first-order valence-corrected chi connectivity index (χ1v) is 13.5. The summed E-state index contributed by atoms with van der Waals surface area (Å²) in [7, 11) is -2.30. The standard InChI is InChI=1S/C26H34N4O4S/c1-19-25(35(32,33)28(4)18-24-11-8-16-34-24)20(2)30(27-19)21(3)26(31)29-14-12-23(13-15-29)17-22-9-6-5-7-10-22/h5-11,16,21,23H,12-15,17-18H2,1-4H3/t21-/m1/s1. The number of carbonyl (C=O) groups is 1. The number of aryl methyl sites for hydroxylation is 1. The summed E-state index contributed by atoms with van der Waals surface area (Å²) in [5, 5.41) is 4.48. The summed E-state index contributed by atoms with van der Waals surface area (Å²) in [6, 6.07) is 13.3. The van der Waals surface area contributed by atoms with Crippen LogP contribution >= 0.6 is 0 Å². The van der Waals surface area contributed by atoms with Crippen molar-refractivity contribution in [1.29, 1.82) is 0 Å². The van der Waals surface area contributed by atoms with Crippen LogP contribution in [0.4, 0.5) is 0 Å². The quantitative estimate of drug-likeness (QED) is 0.469. The molecule has 0 N–H and O–H groups in total. The largest absolute Gasteiger partial charge is 0.468 e. The van der Waals surface area contributed by atoms with E-state index in [0.717, 1.165) is 19.3 Å². The first-order valence-electron chi connectivity index (χ1n) is 12.1. The van der Waals surface area contributed by atoms with E-state index < -0.39 is 16.1 Å². The van der Waals surface area contributed by atoms with Crippen LogP contribution in [0.15, 0.2) is 58.0 Å². The van der Waals surface area contributed by atoms with Gasteiger partial charge in [-0.2, -0.15) is 9.40 Å². The second-order valence-electron chi connectivity index (χ2n) is 9.42. The van der Waals surface area contributed by atoms with E-state index in [1.807, 2.05) is 11.0 Å². The average molecular weight is 499 g/mol. The molecule has 188 valence electrons. The molecule has 1 aliphatic rings. The molecule has 3 heterocycles. The summed E-state index contributed by atoms with van der Waals surface area (Å²) < 4.78 is 34.8. The Balaban J connectivity index is 1.44. The maximum Gasteiger partial charge on any atom is 0.247 e. The maximum atomic E-state index is 13.3. The van der Waals surface area contributed by atoms with Gasteiger partial charge in [-0.05, 0) is 63.6 Å². The zero-order valence-electron chi connectivity index (χ0n) is 20.8. The normalized spacial score (nSPS) is 16.1. The van der Waals surface area contributed by atoms with Gasteiger partial charge in [0.25, 0.3) is 0 Å². The van der Waals surface area contributed by atoms with Gasteiger partial charge >= 0.3 is 0 Å². The number of benzene rings is 1. The van der Waals surface area contributed by atoms with Gasteiger partial charge < -0.3 is 9.32 Å². The van der Waals surface area contributed by atoms with Crippen molar-refractivity contribution >= 4 is 15.9 Å². The molecular formula is C26H34N4O4S. The second kappa shape index (κ2) is 10.4. The molecule has 1 saturated heterocycles. The van der Waals surface area contributed by atoms with Crippen LogP contribution in [0.1, 0.15) is 48.5 Å². The Morgan fingerprint density at radius 2 is 1.83 bits per heavy atom. The Morgan fingerprint density at radius 1 is 1.14 bits per heavy atom. The number of sulfonamides is 1. The van der Waals surface area contributed by atoms with Crippen molar-refractivity contribution < 1.29 is 17.6 Å². The van der Waals surface area contributed by atoms with E-state index in [1.54, 1.807) is 37.6 Å². The predicted molar refractivity (Wildman–Crippen MR) is 133 cm³/mol. The molecule has 0 saturated carbocycles. The third-order valence-corrected chi connectivity index (χ3v) is 8.96. The highest BCUT2D eigenvalue weighted by Gasteiger charge is 2.33. The molecule has 3 aromatic rings. The third kappa shape index (κ3) is 5.36. The molecule has 4 rings (SSSR count). The van der Waals surface area contributed by atoms with E-state index in [2.05, 4.69) is 29.4 Å². The Kier molecular flexibility index (Phi) is 7.47. The first kappa shape index (κ1) is 25.2. The number of aromatic nitrogens is 2. The lowest BCUT2D eigenvalue weighted by Crippen LogP contribution is -2.42. The minimum Gasteiger partial charge on any atom is -0.468 e. The molecule has 1 amide bonds. The Hall–Kier alpha value is -2.91. The number of amides is 1. The van der Waals surface area contributed by atoms with Crippen LogP contribution in [0.3, 0.4) is 0 Å². The van der Waals surface area contributed by atoms with Gasteiger partial charge in [0.1, 0.15) is 16.7 Å². The number of likely N-dealkylation sites (tertiary alicyclic amines) is 1. The van der Waals surface area contributed by atoms with Gasteiger partial charge in [0.05, 0.1) is 24.2 Å². The molecule has 35 heavy (non-hydrogen) atoms. The van der Waals surface area contributed by atoms with Gasteiger partial charge in [0, 0.05) is 20.1 Å². The van der Waals surface area contributed by atoms with Crippen LogP contribution in [-0.2, 0) is 27.8 Å². The molecule has 0 aliphatic carbocycles. The van der Waals surface area contributed by atoms with Crippen LogP contribution in [0.25, 0.3) is 0 Å². The first-order chi connectivity index (χ1) is 16.7. The maximum absolute atomic E-state index is 13.3. The van der Waals surface area contributed by atoms with Crippen LogP contribution in [0.5, 0.6) is 0 Å². The minimum absolute atomic E-state index is 0.0263. The number of carbonyl (C=O) groups excluding carboxylic acids is 1. The van der Waals surface area contributed by atoms with Gasteiger partial charge in [-0.1, -0.05) is 30.3 Å². The number of furan rings is 1. The summed E-state index contributed by atoms with van der Waals surface area (Å²) in [6.07, 6.45) is 4.47. The number of nitrogens with zero attached hydrogens (tertiary/aromatic N) is 4. The lowest BCUT2D eigenvalue weighted by Gasteiger charge is -2.34. The molecule has 0 radical (unpaired) electrons. The van der Waals surface area contributed by atoms with Crippen molar-refractivity contribution in [2.75, 3.05) is 20.1 Å². The fraction of sp³-hybridized carbons (Fsp3) is 0.462. The van der Waals surface area contributed by atoms with E-state index in [4.69, 9.17) is 4.42 Å². The minimum atomic E-state index is -3.81. The van der Waals surface area contributed by atoms with Crippen molar-refractivity contribution in [3.8, 4) is 0 Å².